The standard InChI is InChI=1S/C14H17N3O4/c1-4-5-10-8-16(2)11-6-9(14(18)21-3)7-12(17(19)20)13(11)15-10/h4,6-7,10,15H,1,5,8H2,2-3H3/t10-/m0/s1. The molecular formula is C14H17N3O4. The highest BCUT2D eigenvalue weighted by molar-refractivity contribution is 5.95. The van der Waals surface area contributed by atoms with Crippen molar-refractivity contribution in [2.45, 2.75) is 12.5 Å². The van der Waals surface area contributed by atoms with Crippen molar-refractivity contribution in [3.05, 3.63) is 40.5 Å². The molecule has 0 saturated carbocycles. The molecule has 1 heterocycles. The maximum atomic E-state index is 11.7. The van der Waals surface area contributed by atoms with Gasteiger partial charge in [0.15, 0.2) is 0 Å². The van der Waals surface area contributed by atoms with Crippen molar-refractivity contribution in [3.63, 3.8) is 0 Å². The zero-order chi connectivity index (χ0) is 15.6. The van der Waals surface area contributed by atoms with Gasteiger partial charge in [-0.15, -0.1) is 6.58 Å². The lowest BCUT2D eigenvalue weighted by Gasteiger charge is -2.34. The molecular weight excluding hydrogens is 274 g/mol. The van der Waals surface area contributed by atoms with Gasteiger partial charge in [0.1, 0.15) is 5.69 Å². The van der Waals surface area contributed by atoms with E-state index < -0.39 is 10.9 Å². The van der Waals surface area contributed by atoms with Crippen LogP contribution >= 0.6 is 0 Å². The van der Waals surface area contributed by atoms with E-state index in [1.165, 1.54) is 13.2 Å². The van der Waals surface area contributed by atoms with E-state index in [9.17, 15) is 14.9 Å². The molecule has 7 heteroatoms. The van der Waals surface area contributed by atoms with Crippen LogP contribution in [0, 0.1) is 10.1 Å². The maximum Gasteiger partial charge on any atom is 0.338 e. The van der Waals surface area contributed by atoms with Crippen LogP contribution in [0.1, 0.15) is 16.8 Å². The summed E-state index contributed by atoms with van der Waals surface area (Å²) in [6, 6.07) is 2.88. The molecule has 0 bridgehead atoms. The highest BCUT2D eigenvalue weighted by Gasteiger charge is 2.29. The Bertz CT molecular complexity index is 600. The van der Waals surface area contributed by atoms with Gasteiger partial charge in [-0.2, -0.15) is 0 Å². The molecule has 1 atom stereocenters. The highest BCUT2D eigenvalue weighted by Crippen LogP contribution is 2.39. The van der Waals surface area contributed by atoms with Crippen LogP contribution < -0.4 is 10.2 Å². The van der Waals surface area contributed by atoms with E-state index in [1.54, 1.807) is 12.1 Å². The van der Waals surface area contributed by atoms with Gasteiger partial charge in [-0.05, 0) is 12.5 Å². The second-order valence-corrected chi connectivity index (χ2v) is 4.88. The molecule has 0 amide bonds. The zero-order valence-electron chi connectivity index (χ0n) is 12.0. The van der Waals surface area contributed by atoms with E-state index >= 15 is 0 Å². The molecule has 1 aromatic rings. The van der Waals surface area contributed by atoms with E-state index in [0.717, 1.165) is 0 Å². The Kier molecular flexibility index (Phi) is 4.11. The van der Waals surface area contributed by atoms with Gasteiger partial charge in [0.2, 0.25) is 0 Å². The quantitative estimate of drug-likeness (QED) is 0.396. The maximum absolute atomic E-state index is 11.7. The van der Waals surface area contributed by atoms with Gasteiger partial charge in [-0.3, -0.25) is 10.1 Å². The molecule has 1 aromatic carbocycles. The van der Waals surface area contributed by atoms with Crippen LogP contribution in [0.15, 0.2) is 24.8 Å². The summed E-state index contributed by atoms with van der Waals surface area (Å²) in [6.45, 7) is 4.36. The largest absolute Gasteiger partial charge is 0.465 e. The van der Waals surface area contributed by atoms with Crippen molar-refractivity contribution in [3.8, 4) is 0 Å². The molecule has 1 N–H and O–H groups in total. The number of nitrogens with one attached hydrogen (secondary N) is 1. The second kappa shape index (κ2) is 5.82. The monoisotopic (exact) mass is 291 g/mol. The Morgan fingerprint density at radius 1 is 1.67 bits per heavy atom. The normalized spacial score (nSPS) is 16.7. The number of benzene rings is 1. The number of anilines is 2. The third kappa shape index (κ3) is 2.81. The second-order valence-electron chi connectivity index (χ2n) is 4.88. The Hall–Kier alpha value is -2.57. The minimum absolute atomic E-state index is 0.0441. The average Bonchev–Trinajstić information content (AvgIpc) is 2.45. The number of likely N-dealkylation sites (N-methyl/N-ethyl adjacent to an activating group) is 1. The topological polar surface area (TPSA) is 84.7 Å². The molecule has 0 saturated heterocycles. The first kappa shape index (κ1) is 14.8. The summed E-state index contributed by atoms with van der Waals surface area (Å²) in [4.78, 5) is 24.3. The minimum atomic E-state index is -0.595. The summed E-state index contributed by atoms with van der Waals surface area (Å²) in [5, 5.41) is 14.4. The van der Waals surface area contributed by atoms with Crippen LogP contribution in [0.3, 0.4) is 0 Å². The van der Waals surface area contributed by atoms with E-state index in [2.05, 4.69) is 16.6 Å². The fourth-order valence-corrected chi connectivity index (χ4v) is 2.45. The first-order chi connectivity index (χ1) is 9.97. The summed E-state index contributed by atoms with van der Waals surface area (Å²) in [5.41, 5.74) is 1.07. The van der Waals surface area contributed by atoms with E-state index in [0.29, 0.717) is 24.3 Å². The summed E-state index contributed by atoms with van der Waals surface area (Å²) in [7, 11) is 3.08. The van der Waals surface area contributed by atoms with E-state index in [1.807, 2.05) is 11.9 Å². The molecule has 21 heavy (non-hydrogen) atoms. The van der Waals surface area contributed by atoms with Crippen LogP contribution in [0.25, 0.3) is 0 Å². The van der Waals surface area contributed by atoms with Crippen molar-refractivity contribution >= 4 is 23.0 Å². The summed E-state index contributed by atoms with van der Waals surface area (Å²) in [5.74, 6) is -0.595. The van der Waals surface area contributed by atoms with Crippen molar-refractivity contribution in [2.24, 2.45) is 0 Å². The van der Waals surface area contributed by atoms with Crippen LogP contribution in [-0.2, 0) is 4.74 Å². The van der Waals surface area contributed by atoms with Gasteiger partial charge in [0.25, 0.3) is 5.69 Å². The van der Waals surface area contributed by atoms with E-state index in [-0.39, 0.29) is 17.3 Å². The minimum Gasteiger partial charge on any atom is -0.465 e. The lowest BCUT2D eigenvalue weighted by molar-refractivity contribution is -0.384. The molecule has 2 rings (SSSR count). The highest BCUT2D eigenvalue weighted by atomic mass is 16.6. The van der Waals surface area contributed by atoms with Crippen LogP contribution in [0.5, 0.6) is 0 Å². The lowest BCUT2D eigenvalue weighted by atomic mass is 10.0. The zero-order valence-corrected chi connectivity index (χ0v) is 12.0. The molecule has 7 nitrogen and oxygen atoms in total. The predicted molar refractivity (Wildman–Crippen MR) is 79.9 cm³/mol. The fraction of sp³-hybridized carbons (Fsp3) is 0.357. The fourth-order valence-electron chi connectivity index (χ4n) is 2.45. The molecule has 0 spiro atoms. The molecule has 1 aliphatic rings. The number of fused-ring (bicyclic) bond motifs is 1. The first-order valence-electron chi connectivity index (χ1n) is 6.47. The summed E-state index contributed by atoms with van der Waals surface area (Å²) < 4.78 is 4.64. The van der Waals surface area contributed by atoms with Crippen molar-refractivity contribution < 1.29 is 14.5 Å². The molecule has 0 aliphatic carbocycles. The van der Waals surface area contributed by atoms with Gasteiger partial charge < -0.3 is 15.0 Å². The molecule has 0 aromatic heterocycles. The van der Waals surface area contributed by atoms with E-state index in [4.69, 9.17) is 0 Å². The Morgan fingerprint density at radius 2 is 2.38 bits per heavy atom. The van der Waals surface area contributed by atoms with Gasteiger partial charge in [0.05, 0.1) is 23.3 Å². The molecule has 0 radical (unpaired) electrons. The van der Waals surface area contributed by atoms with Crippen molar-refractivity contribution in [2.75, 3.05) is 30.9 Å². The number of hydrogen-bond donors (Lipinski definition) is 1. The third-order valence-electron chi connectivity index (χ3n) is 3.42. The summed E-state index contributed by atoms with van der Waals surface area (Å²) in [6.07, 6.45) is 2.46. The lowest BCUT2D eigenvalue weighted by Crippen LogP contribution is -2.39. The van der Waals surface area contributed by atoms with Crippen LogP contribution in [0.2, 0.25) is 0 Å². The Balaban J connectivity index is 2.54. The number of nitro benzene ring substituents is 1. The summed E-state index contributed by atoms with van der Waals surface area (Å²) >= 11 is 0. The number of rotatable bonds is 4. The molecule has 112 valence electrons. The number of ether oxygens (including phenoxy) is 1. The van der Waals surface area contributed by atoms with Crippen molar-refractivity contribution in [1.29, 1.82) is 0 Å². The van der Waals surface area contributed by atoms with Gasteiger partial charge in [-0.1, -0.05) is 6.08 Å². The number of carbonyl (C=O) groups excluding carboxylic acids is 1. The Morgan fingerprint density at radius 3 is 2.95 bits per heavy atom. The number of hydrogen-bond acceptors (Lipinski definition) is 6. The number of nitro groups is 1. The van der Waals surface area contributed by atoms with Gasteiger partial charge in [0, 0.05) is 25.7 Å². The number of carbonyl (C=O) groups is 1. The van der Waals surface area contributed by atoms with Gasteiger partial charge in [-0.25, -0.2) is 4.79 Å². The van der Waals surface area contributed by atoms with Gasteiger partial charge >= 0.3 is 5.97 Å². The Labute approximate surface area is 122 Å². The average molecular weight is 291 g/mol. The molecule has 0 fully saturated rings. The van der Waals surface area contributed by atoms with Crippen LogP contribution in [0.4, 0.5) is 17.1 Å². The predicted octanol–water partition coefficient (Wildman–Crippen LogP) is 2.19. The third-order valence-corrected chi connectivity index (χ3v) is 3.42. The van der Waals surface area contributed by atoms with Crippen LogP contribution in [-0.4, -0.2) is 37.6 Å². The smallest absolute Gasteiger partial charge is 0.338 e. The van der Waals surface area contributed by atoms with Crippen molar-refractivity contribution in [1.82, 2.24) is 0 Å². The first-order valence-corrected chi connectivity index (χ1v) is 6.47. The number of nitrogens with zero attached hydrogens (tertiary/aromatic N) is 2. The SMILES string of the molecule is C=CC[C@H]1CN(C)c2cc(C(=O)OC)cc([N+](=O)[O-])c2N1. The number of methoxy groups -OCH3 is 1. The molecule has 1 aliphatic heterocycles. The number of esters is 1. The molecule has 0 unspecified atom stereocenters.